The van der Waals surface area contributed by atoms with Gasteiger partial charge in [0.2, 0.25) is 0 Å². The first-order chi connectivity index (χ1) is 13.1. The summed E-state index contributed by atoms with van der Waals surface area (Å²) in [5, 5.41) is 6.49. The number of aromatic nitrogens is 4. The minimum atomic E-state index is -0.733. The van der Waals surface area contributed by atoms with E-state index in [1.54, 1.807) is 30.3 Å². The molecule has 9 heteroatoms. The number of amides is 1. The van der Waals surface area contributed by atoms with Crippen molar-refractivity contribution in [2.45, 2.75) is 6.92 Å². The third kappa shape index (κ3) is 4.21. The molecule has 0 spiro atoms. The number of esters is 1. The van der Waals surface area contributed by atoms with Gasteiger partial charge in [-0.2, -0.15) is 5.10 Å². The van der Waals surface area contributed by atoms with Gasteiger partial charge < -0.3 is 10.1 Å². The minimum Gasteiger partial charge on any atom is -0.452 e. The highest BCUT2D eigenvalue weighted by atomic mass is 16.5. The number of ketones is 1. The molecule has 1 aromatic carbocycles. The predicted octanol–water partition coefficient (Wildman–Crippen LogP) is 1.66. The summed E-state index contributed by atoms with van der Waals surface area (Å²) >= 11 is 0. The number of para-hydroxylation sites is 1. The molecule has 1 N–H and O–H groups in total. The molecule has 1 amide bonds. The van der Waals surface area contributed by atoms with Crippen molar-refractivity contribution in [1.29, 1.82) is 0 Å². The summed E-state index contributed by atoms with van der Waals surface area (Å²) in [5.41, 5.74) is 0.869. The number of anilines is 1. The van der Waals surface area contributed by atoms with Crippen molar-refractivity contribution < 1.29 is 19.1 Å². The van der Waals surface area contributed by atoms with E-state index in [0.29, 0.717) is 11.3 Å². The Morgan fingerprint density at radius 2 is 1.89 bits per heavy atom. The van der Waals surface area contributed by atoms with Crippen LogP contribution in [0.15, 0.2) is 55.2 Å². The van der Waals surface area contributed by atoms with Gasteiger partial charge in [0.15, 0.2) is 18.2 Å². The van der Waals surface area contributed by atoms with E-state index < -0.39 is 18.5 Å². The number of hydrogen-bond donors (Lipinski definition) is 1. The summed E-state index contributed by atoms with van der Waals surface area (Å²) in [6.45, 7) is 0.885. The van der Waals surface area contributed by atoms with Crippen molar-refractivity contribution in [2.24, 2.45) is 0 Å². The maximum atomic E-state index is 12.3. The van der Waals surface area contributed by atoms with Crippen molar-refractivity contribution in [1.82, 2.24) is 19.7 Å². The molecule has 3 rings (SSSR count). The van der Waals surface area contributed by atoms with E-state index in [4.69, 9.17) is 4.74 Å². The van der Waals surface area contributed by atoms with Gasteiger partial charge >= 0.3 is 5.97 Å². The minimum absolute atomic E-state index is 0.139. The maximum Gasteiger partial charge on any atom is 0.342 e. The first-order valence-corrected chi connectivity index (χ1v) is 7.93. The lowest BCUT2D eigenvalue weighted by Gasteiger charge is -2.10. The second kappa shape index (κ2) is 8.00. The van der Waals surface area contributed by atoms with Gasteiger partial charge in [0, 0.05) is 11.8 Å². The van der Waals surface area contributed by atoms with Crippen molar-refractivity contribution in [3.05, 3.63) is 66.4 Å². The molecule has 2 heterocycles. The Balaban J connectivity index is 1.67. The first-order valence-electron chi connectivity index (χ1n) is 7.93. The van der Waals surface area contributed by atoms with Crippen LogP contribution < -0.4 is 5.32 Å². The Morgan fingerprint density at radius 3 is 2.63 bits per heavy atom. The van der Waals surface area contributed by atoms with Crippen LogP contribution in [0.5, 0.6) is 0 Å². The fourth-order valence-electron chi connectivity index (χ4n) is 2.35. The molecule has 9 nitrogen and oxygen atoms in total. The van der Waals surface area contributed by atoms with Gasteiger partial charge in [-0.1, -0.05) is 12.1 Å². The topological polar surface area (TPSA) is 116 Å². The molecule has 136 valence electrons. The number of nitrogens with one attached hydrogen (secondary N) is 1. The fraction of sp³-hybridized carbons (Fsp3) is 0.111. The molecule has 0 saturated heterocycles. The third-order valence-electron chi connectivity index (χ3n) is 3.56. The van der Waals surface area contributed by atoms with E-state index in [1.165, 1.54) is 36.5 Å². The lowest BCUT2D eigenvalue weighted by molar-refractivity contribution is -0.119. The van der Waals surface area contributed by atoms with Crippen LogP contribution in [0.3, 0.4) is 0 Å². The first kappa shape index (κ1) is 17.9. The fourth-order valence-corrected chi connectivity index (χ4v) is 2.35. The van der Waals surface area contributed by atoms with Gasteiger partial charge in [-0.05, 0) is 31.2 Å². The number of rotatable bonds is 6. The number of carbonyl (C=O) groups excluding carboxylic acids is 3. The molecule has 0 aliphatic carbocycles. The van der Waals surface area contributed by atoms with Gasteiger partial charge in [0.05, 0.1) is 5.69 Å². The molecule has 0 atom stereocenters. The van der Waals surface area contributed by atoms with E-state index in [1.807, 2.05) is 0 Å². The number of carbonyl (C=O) groups is 3. The Hall–Kier alpha value is -3.88. The monoisotopic (exact) mass is 365 g/mol. The zero-order chi connectivity index (χ0) is 19.2. The highest BCUT2D eigenvalue weighted by Crippen LogP contribution is 2.16. The largest absolute Gasteiger partial charge is 0.452 e. The van der Waals surface area contributed by atoms with Crippen molar-refractivity contribution in [3.8, 4) is 5.82 Å². The van der Waals surface area contributed by atoms with Gasteiger partial charge in [0.25, 0.3) is 5.91 Å². The van der Waals surface area contributed by atoms with Crippen molar-refractivity contribution in [2.75, 3.05) is 11.9 Å². The zero-order valence-electron chi connectivity index (χ0n) is 14.3. The summed E-state index contributed by atoms with van der Waals surface area (Å²) in [7, 11) is 0. The van der Waals surface area contributed by atoms with Crippen LogP contribution >= 0.6 is 0 Å². The summed E-state index contributed by atoms with van der Waals surface area (Å²) in [4.78, 5) is 43.9. The molecule has 2 aromatic heterocycles. The number of benzene rings is 1. The number of nitrogens with zero attached hydrogens (tertiary/aromatic N) is 4. The standard InChI is InChI=1S/C18H15N5O4/c1-12(24)13-5-2-3-7-15(13)22-16(25)9-27-18(26)14-6-4-8-20-17(14)23-11-19-10-21-23/h2-8,10-11H,9H2,1H3,(H,22,25). The van der Waals surface area contributed by atoms with Gasteiger partial charge in [-0.3, -0.25) is 9.59 Å². The highest BCUT2D eigenvalue weighted by molar-refractivity contribution is 6.04. The van der Waals surface area contributed by atoms with Gasteiger partial charge in [-0.25, -0.2) is 19.4 Å². The number of hydrogen-bond acceptors (Lipinski definition) is 7. The molecular formula is C18H15N5O4. The summed E-state index contributed by atoms with van der Waals surface area (Å²) < 4.78 is 6.38. The van der Waals surface area contributed by atoms with Crippen LogP contribution in [0.2, 0.25) is 0 Å². The second-order valence-corrected chi connectivity index (χ2v) is 5.44. The molecule has 3 aromatic rings. The Morgan fingerprint density at radius 1 is 1.11 bits per heavy atom. The summed E-state index contributed by atoms with van der Waals surface area (Å²) in [6, 6.07) is 9.66. The lowest BCUT2D eigenvalue weighted by atomic mass is 10.1. The van der Waals surface area contributed by atoms with Crippen LogP contribution in [0.1, 0.15) is 27.6 Å². The van der Waals surface area contributed by atoms with E-state index in [-0.39, 0.29) is 17.2 Å². The van der Waals surface area contributed by atoms with Crippen LogP contribution in [-0.2, 0) is 9.53 Å². The summed E-state index contributed by atoms with van der Waals surface area (Å²) in [6.07, 6.45) is 4.20. The number of Topliss-reactive ketones (excluding diaryl/α,β-unsaturated/α-hetero) is 1. The van der Waals surface area contributed by atoms with E-state index >= 15 is 0 Å². The number of ether oxygens (including phenoxy) is 1. The van der Waals surface area contributed by atoms with Crippen molar-refractivity contribution in [3.63, 3.8) is 0 Å². The third-order valence-corrected chi connectivity index (χ3v) is 3.56. The van der Waals surface area contributed by atoms with Gasteiger partial charge in [-0.15, -0.1) is 0 Å². The Bertz CT molecular complexity index is 985. The lowest BCUT2D eigenvalue weighted by Crippen LogP contribution is -2.22. The number of pyridine rings is 1. The predicted molar refractivity (Wildman–Crippen MR) is 94.5 cm³/mol. The van der Waals surface area contributed by atoms with Crippen LogP contribution in [0.4, 0.5) is 5.69 Å². The molecule has 0 saturated carbocycles. The SMILES string of the molecule is CC(=O)c1ccccc1NC(=O)COC(=O)c1cccnc1-n1cncn1. The summed E-state index contributed by atoms with van der Waals surface area (Å²) in [5.74, 6) is -1.25. The Kier molecular flexibility index (Phi) is 5.31. The van der Waals surface area contributed by atoms with Crippen LogP contribution in [0.25, 0.3) is 5.82 Å². The Labute approximate surface area is 154 Å². The normalized spacial score (nSPS) is 10.3. The molecule has 0 radical (unpaired) electrons. The van der Waals surface area contributed by atoms with Crippen LogP contribution in [-0.4, -0.2) is 44.0 Å². The second-order valence-electron chi connectivity index (χ2n) is 5.44. The van der Waals surface area contributed by atoms with Crippen molar-refractivity contribution >= 4 is 23.3 Å². The molecule has 0 aliphatic rings. The molecule has 0 aliphatic heterocycles. The smallest absolute Gasteiger partial charge is 0.342 e. The highest BCUT2D eigenvalue weighted by Gasteiger charge is 2.17. The van der Waals surface area contributed by atoms with E-state index in [9.17, 15) is 14.4 Å². The van der Waals surface area contributed by atoms with Crippen LogP contribution in [0, 0.1) is 0 Å². The average Bonchev–Trinajstić information content (AvgIpc) is 3.21. The molecule has 0 unspecified atom stereocenters. The quantitative estimate of drug-likeness (QED) is 0.521. The molecule has 0 bridgehead atoms. The average molecular weight is 365 g/mol. The van der Waals surface area contributed by atoms with E-state index in [2.05, 4.69) is 20.4 Å². The molecular weight excluding hydrogens is 350 g/mol. The zero-order valence-corrected chi connectivity index (χ0v) is 14.3. The van der Waals surface area contributed by atoms with E-state index in [0.717, 1.165) is 0 Å². The molecule has 0 fully saturated rings. The molecule has 27 heavy (non-hydrogen) atoms. The maximum absolute atomic E-state index is 12.3. The van der Waals surface area contributed by atoms with Gasteiger partial charge in [0.1, 0.15) is 18.2 Å².